The van der Waals surface area contributed by atoms with Crippen molar-refractivity contribution in [1.29, 1.82) is 0 Å². The summed E-state index contributed by atoms with van der Waals surface area (Å²) in [6.07, 6.45) is 7.41. The molecule has 1 aliphatic heterocycles. The van der Waals surface area contributed by atoms with E-state index in [2.05, 4.69) is 54.6 Å². The van der Waals surface area contributed by atoms with Crippen LogP contribution in [-0.2, 0) is 24.2 Å². The zero-order chi connectivity index (χ0) is 23.7. The SMILES string of the molecule is Cc1nccn1CCNC(=O)[C@H]1CN(C2c3ccc(Cl)cc3CCc3cc(Br)cnc32)CCN1. The summed E-state index contributed by atoms with van der Waals surface area (Å²) < 4.78 is 3.02. The standard InChI is InChI=1S/C25H28BrClN6O/c1-16-28-6-9-32(16)10-8-30-25(34)22-15-33(11-7-29-22)24-21-5-4-20(27)13-17(21)2-3-18-12-19(26)14-31-23(18)24/h4-6,9,12-14,22,24,29H,2-3,7-8,10-11,15H2,1H3,(H,30,34)/t22-,24?/m1/s1. The van der Waals surface area contributed by atoms with E-state index in [1.54, 1.807) is 6.20 Å². The normalized spacial score (nSPS) is 20.3. The fraction of sp³-hybridized carbons (Fsp3) is 0.400. The molecule has 1 aliphatic carbocycles. The number of aromatic nitrogens is 3. The van der Waals surface area contributed by atoms with Crippen molar-refractivity contribution in [3.8, 4) is 0 Å². The first-order valence-corrected chi connectivity index (χ1v) is 12.8. The maximum atomic E-state index is 13.0. The van der Waals surface area contributed by atoms with E-state index in [4.69, 9.17) is 16.6 Å². The first-order valence-electron chi connectivity index (χ1n) is 11.6. The van der Waals surface area contributed by atoms with Crippen LogP contribution in [0.5, 0.6) is 0 Å². The van der Waals surface area contributed by atoms with Crippen LogP contribution in [0, 0.1) is 6.92 Å². The highest BCUT2D eigenvalue weighted by molar-refractivity contribution is 9.10. The Morgan fingerprint density at radius 2 is 2.12 bits per heavy atom. The average Bonchev–Trinajstić information content (AvgIpc) is 3.17. The van der Waals surface area contributed by atoms with Crippen molar-refractivity contribution in [2.24, 2.45) is 0 Å². The fourth-order valence-electron chi connectivity index (χ4n) is 5.03. The zero-order valence-electron chi connectivity index (χ0n) is 19.1. The zero-order valence-corrected chi connectivity index (χ0v) is 21.4. The molecule has 34 heavy (non-hydrogen) atoms. The molecule has 3 heterocycles. The number of nitrogens with zero attached hydrogens (tertiary/aromatic N) is 4. The summed E-state index contributed by atoms with van der Waals surface area (Å²) in [5.41, 5.74) is 4.79. The Morgan fingerprint density at radius 1 is 1.26 bits per heavy atom. The van der Waals surface area contributed by atoms with Crippen molar-refractivity contribution in [2.45, 2.75) is 38.4 Å². The number of halogens is 2. The molecule has 1 aromatic carbocycles. The second-order valence-corrected chi connectivity index (χ2v) is 10.3. The van der Waals surface area contributed by atoms with Gasteiger partial charge < -0.3 is 15.2 Å². The van der Waals surface area contributed by atoms with Crippen molar-refractivity contribution in [2.75, 3.05) is 26.2 Å². The van der Waals surface area contributed by atoms with E-state index in [1.165, 1.54) is 16.7 Å². The molecule has 0 bridgehead atoms. The van der Waals surface area contributed by atoms with Crippen LogP contribution in [0.3, 0.4) is 0 Å². The lowest BCUT2D eigenvalue weighted by atomic mass is 9.95. The van der Waals surface area contributed by atoms with Gasteiger partial charge in [0.25, 0.3) is 0 Å². The third-order valence-corrected chi connectivity index (χ3v) is 7.42. The summed E-state index contributed by atoms with van der Waals surface area (Å²) in [5.74, 6) is 0.970. The van der Waals surface area contributed by atoms with Crippen LogP contribution < -0.4 is 10.6 Å². The second kappa shape index (κ2) is 10.2. The maximum absolute atomic E-state index is 13.0. The molecule has 2 aromatic heterocycles. The highest BCUT2D eigenvalue weighted by atomic mass is 79.9. The van der Waals surface area contributed by atoms with E-state index in [0.29, 0.717) is 19.6 Å². The average molecular weight is 544 g/mol. The van der Waals surface area contributed by atoms with Gasteiger partial charge in [0, 0.05) is 60.8 Å². The number of fused-ring (bicyclic) bond motifs is 2. The Balaban J connectivity index is 1.36. The van der Waals surface area contributed by atoms with E-state index in [-0.39, 0.29) is 18.0 Å². The fourth-order valence-corrected chi connectivity index (χ4v) is 5.60. The number of nitrogens with one attached hydrogen (secondary N) is 2. The van der Waals surface area contributed by atoms with Gasteiger partial charge >= 0.3 is 0 Å². The van der Waals surface area contributed by atoms with Crippen LogP contribution >= 0.6 is 27.5 Å². The van der Waals surface area contributed by atoms with Gasteiger partial charge in [0.2, 0.25) is 5.91 Å². The first kappa shape index (κ1) is 23.5. The molecule has 1 saturated heterocycles. The van der Waals surface area contributed by atoms with Gasteiger partial charge in [-0.3, -0.25) is 14.7 Å². The lowest BCUT2D eigenvalue weighted by Crippen LogP contribution is -2.58. The minimum atomic E-state index is -0.282. The molecule has 2 aliphatic rings. The topological polar surface area (TPSA) is 75.1 Å². The predicted octanol–water partition coefficient (Wildman–Crippen LogP) is 3.28. The number of carbonyl (C=O) groups excluding carboxylic acids is 1. The molecule has 0 saturated carbocycles. The van der Waals surface area contributed by atoms with Crippen LogP contribution in [0.25, 0.3) is 0 Å². The number of carbonyl (C=O) groups is 1. The first-order chi connectivity index (χ1) is 16.5. The van der Waals surface area contributed by atoms with Gasteiger partial charge in [0.15, 0.2) is 0 Å². The number of benzene rings is 1. The van der Waals surface area contributed by atoms with Gasteiger partial charge in [0.1, 0.15) is 5.82 Å². The van der Waals surface area contributed by atoms with Gasteiger partial charge in [-0.1, -0.05) is 17.7 Å². The lowest BCUT2D eigenvalue weighted by Gasteiger charge is -2.39. The monoisotopic (exact) mass is 542 g/mol. The van der Waals surface area contributed by atoms with Gasteiger partial charge in [-0.05, 0) is 70.6 Å². The molecule has 2 atom stereocenters. The molecule has 0 radical (unpaired) electrons. The molecular weight excluding hydrogens is 516 g/mol. The number of pyridine rings is 1. The summed E-state index contributed by atoms with van der Waals surface area (Å²) >= 11 is 9.94. The second-order valence-electron chi connectivity index (χ2n) is 8.90. The minimum absolute atomic E-state index is 0.0103. The van der Waals surface area contributed by atoms with Gasteiger partial charge in [-0.25, -0.2) is 4.98 Å². The Hall–Kier alpha value is -2.26. The summed E-state index contributed by atoms with van der Waals surface area (Å²) in [6.45, 7) is 5.42. The summed E-state index contributed by atoms with van der Waals surface area (Å²) in [6, 6.07) is 8.05. The van der Waals surface area contributed by atoms with Crippen LogP contribution in [0.4, 0.5) is 0 Å². The molecule has 1 fully saturated rings. The number of imidazole rings is 1. The lowest BCUT2D eigenvalue weighted by molar-refractivity contribution is -0.124. The molecule has 3 aromatic rings. The van der Waals surface area contributed by atoms with E-state index < -0.39 is 0 Å². The van der Waals surface area contributed by atoms with Gasteiger partial charge in [-0.2, -0.15) is 0 Å². The quantitative estimate of drug-likeness (QED) is 0.517. The predicted molar refractivity (Wildman–Crippen MR) is 136 cm³/mol. The molecule has 7 nitrogen and oxygen atoms in total. The van der Waals surface area contributed by atoms with Crippen molar-refractivity contribution in [3.05, 3.63) is 80.6 Å². The largest absolute Gasteiger partial charge is 0.353 e. The van der Waals surface area contributed by atoms with Crippen LogP contribution in [0.1, 0.15) is 34.3 Å². The summed E-state index contributed by atoms with van der Waals surface area (Å²) in [4.78, 5) is 24.5. The van der Waals surface area contributed by atoms with E-state index >= 15 is 0 Å². The summed E-state index contributed by atoms with van der Waals surface area (Å²) in [7, 11) is 0. The Morgan fingerprint density at radius 3 is 2.94 bits per heavy atom. The van der Waals surface area contributed by atoms with Crippen molar-refractivity contribution >= 4 is 33.4 Å². The highest BCUT2D eigenvalue weighted by Crippen LogP contribution is 2.37. The van der Waals surface area contributed by atoms with Gasteiger partial charge in [-0.15, -0.1) is 0 Å². The Kier molecular flexibility index (Phi) is 7.01. The van der Waals surface area contributed by atoms with Crippen LogP contribution in [0.2, 0.25) is 5.02 Å². The number of piperazine rings is 1. The Labute approximate surface area is 213 Å². The summed E-state index contributed by atoms with van der Waals surface area (Å²) in [5, 5.41) is 7.25. The molecule has 2 N–H and O–H groups in total. The number of hydrogen-bond donors (Lipinski definition) is 2. The van der Waals surface area contributed by atoms with Gasteiger partial charge in [0.05, 0.1) is 17.8 Å². The van der Waals surface area contributed by atoms with E-state index in [0.717, 1.165) is 46.9 Å². The van der Waals surface area contributed by atoms with E-state index in [1.807, 2.05) is 30.0 Å². The molecule has 9 heteroatoms. The van der Waals surface area contributed by atoms with Crippen LogP contribution in [0.15, 0.2) is 47.3 Å². The molecule has 5 rings (SSSR count). The molecule has 178 valence electrons. The minimum Gasteiger partial charge on any atom is -0.353 e. The van der Waals surface area contributed by atoms with Crippen molar-refractivity contribution in [3.63, 3.8) is 0 Å². The number of amides is 1. The number of aryl methyl sites for hydroxylation is 3. The number of rotatable bonds is 5. The van der Waals surface area contributed by atoms with Crippen LogP contribution in [-0.4, -0.2) is 57.6 Å². The van der Waals surface area contributed by atoms with Crippen molar-refractivity contribution in [1.82, 2.24) is 30.1 Å². The smallest absolute Gasteiger partial charge is 0.238 e. The molecule has 0 spiro atoms. The number of hydrogen-bond acceptors (Lipinski definition) is 5. The molecular formula is C25H28BrClN6O. The maximum Gasteiger partial charge on any atom is 0.238 e. The third kappa shape index (κ3) is 4.91. The van der Waals surface area contributed by atoms with Crippen molar-refractivity contribution < 1.29 is 4.79 Å². The van der Waals surface area contributed by atoms with E-state index in [9.17, 15) is 4.79 Å². The Bertz CT molecular complexity index is 1140. The third-order valence-electron chi connectivity index (χ3n) is 6.75. The highest BCUT2D eigenvalue weighted by Gasteiger charge is 2.35. The molecule has 1 amide bonds. The molecule has 1 unspecified atom stereocenters.